The standard InChI is InChI=1S/C15H26N4O2/c1-13(19-8-5-16-12-19)15(20)17-11-14-3-6-18(7-4-14)9-10-21-2/h5,8,12-14H,3-4,6-7,9-11H2,1-2H3,(H,17,20)/t13-/m1/s1. The number of imidazole rings is 1. The fourth-order valence-corrected chi connectivity index (χ4v) is 2.66. The highest BCUT2D eigenvalue weighted by Gasteiger charge is 2.21. The van der Waals surface area contributed by atoms with Crippen LogP contribution in [0.25, 0.3) is 0 Å². The van der Waals surface area contributed by atoms with Gasteiger partial charge in [-0.3, -0.25) is 4.79 Å². The zero-order chi connectivity index (χ0) is 15.1. The lowest BCUT2D eigenvalue weighted by Crippen LogP contribution is -2.41. The Hall–Kier alpha value is -1.40. The maximum Gasteiger partial charge on any atom is 0.242 e. The van der Waals surface area contributed by atoms with Gasteiger partial charge in [-0.15, -0.1) is 0 Å². The Balaban J connectivity index is 1.66. The lowest BCUT2D eigenvalue weighted by atomic mass is 9.96. The number of likely N-dealkylation sites (tertiary alicyclic amines) is 1. The topological polar surface area (TPSA) is 59.4 Å². The van der Waals surface area contributed by atoms with Gasteiger partial charge in [0.25, 0.3) is 0 Å². The summed E-state index contributed by atoms with van der Waals surface area (Å²) >= 11 is 0. The van der Waals surface area contributed by atoms with Crippen LogP contribution in [0, 0.1) is 5.92 Å². The number of nitrogens with one attached hydrogen (secondary N) is 1. The summed E-state index contributed by atoms with van der Waals surface area (Å²) in [6.07, 6.45) is 7.48. The number of hydrogen-bond acceptors (Lipinski definition) is 4. The molecule has 6 heteroatoms. The molecule has 0 radical (unpaired) electrons. The number of nitrogens with zero attached hydrogens (tertiary/aromatic N) is 3. The van der Waals surface area contributed by atoms with Gasteiger partial charge in [0.1, 0.15) is 6.04 Å². The maximum atomic E-state index is 12.1. The van der Waals surface area contributed by atoms with Crippen LogP contribution in [0.1, 0.15) is 25.8 Å². The van der Waals surface area contributed by atoms with E-state index >= 15 is 0 Å². The number of carbonyl (C=O) groups is 1. The van der Waals surface area contributed by atoms with Crippen molar-refractivity contribution in [2.24, 2.45) is 5.92 Å². The molecule has 0 bridgehead atoms. The van der Waals surface area contributed by atoms with E-state index in [0.29, 0.717) is 5.92 Å². The lowest BCUT2D eigenvalue weighted by Gasteiger charge is -2.32. The van der Waals surface area contributed by atoms with Crippen molar-refractivity contribution in [3.05, 3.63) is 18.7 Å². The Morgan fingerprint density at radius 1 is 1.48 bits per heavy atom. The molecule has 1 atom stereocenters. The van der Waals surface area contributed by atoms with Crippen molar-refractivity contribution < 1.29 is 9.53 Å². The molecule has 0 aliphatic carbocycles. The molecule has 1 fully saturated rings. The smallest absolute Gasteiger partial charge is 0.242 e. The molecule has 1 N–H and O–H groups in total. The predicted octanol–water partition coefficient (Wildman–Crippen LogP) is 0.919. The minimum Gasteiger partial charge on any atom is -0.383 e. The third-order valence-corrected chi connectivity index (χ3v) is 4.24. The monoisotopic (exact) mass is 294 g/mol. The van der Waals surface area contributed by atoms with Gasteiger partial charge in [0, 0.05) is 32.6 Å². The van der Waals surface area contributed by atoms with Gasteiger partial charge in [0.15, 0.2) is 0 Å². The first-order valence-corrected chi connectivity index (χ1v) is 7.67. The molecular formula is C15H26N4O2. The zero-order valence-electron chi connectivity index (χ0n) is 13.0. The summed E-state index contributed by atoms with van der Waals surface area (Å²) in [7, 11) is 1.74. The Labute approximate surface area is 126 Å². The molecule has 0 aromatic carbocycles. The Morgan fingerprint density at radius 3 is 2.86 bits per heavy atom. The first kappa shape index (κ1) is 16.0. The van der Waals surface area contributed by atoms with Crippen molar-refractivity contribution in [2.45, 2.75) is 25.8 Å². The molecule has 6 nitrogen and oxygen atoms in total. The molecular weight excluding hydrogens is 268 g/mol. The van der Waals surface area contributed by atoms with Gasteiger partial charge in [-0.05, 0) is 38.8 Å². The second-order valence-corrected chi connectivity index (χ2v) is 5.71. The van der Waals surface area contributed by atoms with E-state index < -0.39 is 0 Å². The third-order valence-electron chi connectivity index (χ3n) is 4.24. The van der Waals surface area contributed by atoms with Crippen LogP contribution < -0.4 is 5.32 Å². The number of ether oxygens (including phenoxy) is 1. The van der Waals surface area contributed by atoms with Crippen molar-refractivity contribution in [2.75, 3.05) is 39.9 Å². The molecule has 1 amide bonds. The number of hydrogen-bond donors (Lipinski definition) is 1. The fourth-order valence-electron chi connectivity index (χ4n) is 2.66. The summed E-state index contributed by atoms with van der Waals surface area (Å²) in [5.41, 5.74) is 0. The van der Waals surface area contributed by atoms with E-state index in [4.69, 9.17) is 4.74 Å². The normalized spacial score (nSPS) is 18.6. The largest absolute Gasteiger partial charge is 0.383 e. The van der Waals surface area contributed by atoms with Crippen molar-refractivity contribution >= 4 is 5.91 Å². The SMILES string of the molecule is COCCN1CCC(CNC(=O)[C@@H](C)n2ccnc2)CC1. The van der Waals surface area contributed by atoms with Gasteiger partial charge >= 0.3 is 0 Å². The second-order valence-electron chi connectivity index (χ2n) is 5.71. The van der Waals surface area contributed by atoms with Crippen LogP contribution in [0.15, 0.2) is 18.7 Å². The molecule has 1 aromatic heterocycles. The van der Waals surface area contributed by atoms with E-state index in [1.54, 1.807) is 19.6 Å². The van der Waals surface area contributed by atoms with Crippen LogP contribution in [0.5, 0.6) is 0 Å². The first-order valence-electron chi connectivity index (χ1n) is 7.67. The van der Waals surface area contributed by atoms with Crippen molar-refractivity contribution in [1.29, 1.82) is 0 Å². The van der Waals surface area contributed by atoms with E-state index in [1.807, 2.05) is 17.7 Å². The van der Waals surface area contributed by atoms with E-state index in [1.165, 1.54) is 0 Å². The average Bonchev–Trinajstić information content (AvgIpc) is 3.05. The summed E-state index contributed by atoms with van der Waals surface area (Å²) in [5.74, 6) is 0.651. The first-order chi connectivity index (χ1) is 10.2. The van der Waals surface area contributed by atoms with E-state index in [0.717, 1.165) is 45.6 Å². The van der Waals surface area contributed by atoms with Gasteiger partial charge in [-0.2, -0.15) is 0 Å². The van der Waals surface area contributed by atoms with Gasteiger partial charge in [-0.1, -0.05) is 0 Å². The predicted molar refractivity (Wildman–Crippen MR) is 81.0 cm³/mol. The van der Waals surface area contributed by atoms with Gasteiger partial charge in [-0.25, -0.2) is 4.98 Å². The summed E-state index contributed by atoms with van der Waals surface area (Å²) in [6.45, 7) is 6.67. The van der Waals surface area contributed by atoms with Crippen LogP contribution in [0.3, 0.4) is 0 Å². The van der Waals surface area contributed by atoms with Crippen molar-refractivity contribution in [1.82, 2.24) is 19.8 Å². The molecule has 1 saturated heterocycles. The highest BCUT2D eigenvalue weighted by Crippen LogP contribution is 2.16. The number of aromatic nitrogens is 2. The summed E-state index contributed by atoms with van der Waals surface area (Å²) in [6, 6.07) is -0.200. The van der Waals surface area contributed by atoms with E-state index in [9.17, 15) is 4.79 Å². The molecule has 2 heterocycles. The maximum absolute atomic E-state index is 12.1. The van der Waals surface area contributed by atoms with Crippen LogP contribution >= 0.6 is 0 Å². The Kier molecular flexibility index (Phi) is 6.20. The number of piperidine rings is 1. The van der Waals surface area contributed by atoms with Crippen molar-refractivity contribution in [3.63, 3.8) is 0 Å². The van der Waals surface area contributed by atoms with E-state index in [2.05, 4.69) is 15.2 Å². The number of carbonyl (C=O) groups excluding carboxylic acids is 1. The number of methoxy groups -OCH3 is 1. The molecule has 1 aliphatic heterocycles. The average molecular weight is 294 g/mol. The van der Waals surface area contributed by atoms with Crippen LogP contribution in [-0.4, -0.2) is 60.3 Å². The molecule has 0 saturated carbocycles. The second kappa shape index (κ2) is 8.14. The molecule has 21 heavy (non-hydrogen) atoms. The quantitative estimate of drug-likeness (QED) is 0.812. The summed E-state index contributed by atoms with van der Waals surface area (Å²) < 4.78 is 6.93. The lowest BCUT2D eigenvalue weighted by molar-refractivity contribution is -0.124. The molecule has 1 aromatic rings. The summed E-state index contributed by atoms with van der Waals surface area (Å²) in [5, 5.41) is 3.07. The van der Waals surface area contributed by atoms with Crippen molar-refractivity contribution in [3.8, 4) is 0 Å². The molecule has 0 spiro atoms. The molecule has 1 aliphatic rings. The fraction of sp³-hybridized carbons (Fsp3) is 0.733. The Bertz CT molecular complexity index is 413. The number of rotatable bonds is 7. The van der Waals surface area contributed by atoms with E-state index in [-0.39, 0.29) is 11.9 Å². The molecule has 118 valence electrons. The number of amides is 1. The zero-order valence-corrected chi connectivity index (χ0v) is 13.0. The minimum atomic E-state index is -0.200. The molecule has 0 unspecified atom stereocenters. The van der Waals surface area contributed by atoms with Crippen LogP contribution in [-0.2, 0) is 9.53 Å². The summed E-state index contributed by atoms with van der Waals surface area (Å²) in [4.78, 5) is 18.5. The minimum absolute atomic E-state index is 0.0646. The highest BCUT2D eigenvalue weighted by atomic mass is 16.5. The van der Waals surface area contributed by atoms with Crippen LogP contribution in [0.4, 0.5) is 0 Å². The van der Waals surface area contributed by atoms with Crippen LogP contribution in [0.2, 0.25) is 0 Å². The van der Waals surface area contributed by atoms with Gasteiger partial charge in [0.05, 0.1) is 12.9 Å². The molecule has 2 rings (SSSR count). The highest BCUT2D eigenvalue weighted by molar-refractivity contribution is 5.79. The third kappa shape index (κ3) is 4.82. The van der Waals surface area contributed by atoms with Gasteiger partial charge in [0.2, 0.25) is 5.91 Å². The van der Waals surface area contributed by atoms with Gasteiger partial charge < -0.3 is 19.5 Å². The Morgan fingerprint density at radius 2 is 2.24 bits per heavy atom.